The van der Waals surface area contributed by atoms with Crippen molar-refractivity contribution in [1.82, 2.24) is 20.1 Å². The van der Waals surface area contributed by atoms with Crippen molar-refractivity contribution >= 4 is 29.7 Å². The molecule has 0 unspecified atom stereocenters. The Hall–Kier alpha value is -3.88. The molecule has 9 nitrogen and oxygen atoms in total. The number of carbonyl (C=O) groups excluding carboxylic acids is 1. The predicted octanol–water partition coefficient (Wildman–Crippen LogP) is 4.42. The van der Waals surface area contributed by atoms with Gasteiger partial charge >= 0.3 is 0 Å². The summed E-state index contributed by atoms with van der Waals surface area (Å²) in [7, 11) is 0. The summed E-state index contributed by atoms with van der Waals surface area (Å²) >= 11 is 0. The first-order chi connectivity index (χ1) is 16.6. The normalized spacial score (nSPS) is 12.4. The molecule has 1 aromatic carbocycles. The molecule has 0 atom stereocenters. The number of fused-ring (bicyclic) bond motifs is 1. The number of carboxylic acid groups (broad SMARTS) is 1. The molecule has 0 bridgehead atoms. The lowest BCUT2D eigenvalue weighted by Gasteiger charge is -2.23. The Bertz CT molecular complexity index is 1180. The van der Waals surface area contributed by atoms with Crippen molar-refractivity contribution in [1.29, 1.82) is 0 Å². The summed E-state index contributed by atoms with van der Waals surface area (Å²) in [6.07, 6.45) is 3.65. The third-order valence-electron chi connectivity index (χ3n) is 5.67. The first-order valence-electron chi connectivity index (χ1n) is 11.6. The molecule has 4 rings (SSSR count). The molecule has 0 saturated heterocycles. The van der Waals surface area contributed by atoms with Crippen molar-refractivity contribution in [2.24, 2.45) is 0 Å². The molecule has 4 N–H and O–H groups in total. The minimum absolute atomic E-state index is 0.0341. The van der Waals surface area contributed by atoms with E-state index in [-0.39, 0.29) is 17.9 Å². The van der Waals surface area contributed by atoms with E-state index in [2.05, 4.69) is 71.7 Å². The Labute approximate surface area is 206 Å². The van der Waals surface area contributed by atoms with Crippen LogP contribution in [0.2, 0.25) is 0 Å². The number of pyridine rings is 1. The van der Waals surface area contributed by atoms with E-state index in [1.54, 1.807) is 6.92 Å². The van der Waals surface area contributed by atoms with E-state index in [4.69, 9.17) is 9.90 Å². The summed E-state index contributed by atoms with van der Waals surface area (Å²) in [5.41, 5.74) is 7.12. The number of hydrogen-bond acceptors (Lipinski definition) is 6. The van der Waals surface area contributed by atoms with Crippen LogP contribution in [0.25, 0.3) is 0 Å². The highest BCUT2D eigenvalue weighted by molar-refractivity contribution is 5.74. The van der Waals surface area contributed by atoms with Gasteiger partial charge in [-0.05, 0) is 81.0 Å². The maximum atomic E-state index is 11.6. The van der Waals surface area contributed by atoms with Gasteiger partial charge in [0.25, 0.3) is 6.47 Å². The van der Waals surface area contributed by atoms with Crippen LogP contribution in [0.1, 0.15) is 55.6 Å². The van der Waals surface area contributed by atoms with E-state index in [9.17, 15) is 4.79 Å². The molecule has 2 aromatic heterocycles. The summed E-state index contributed by atoms with van der Waals surface area (Å²) in [4.78, 5) is 26.3. The number of nitrogens with one attached hydrogen (secondary N) is 3. The lowest BCUT2D eigenvalue weighted by molar-refractivity contribution is -0.129. The van der Waals surface area contributed by atoms with Gasteiger partial charge in [-0.15, -0.1) is 0 Å². The van der Waals surface area contributed by atoms with Crippen LogP contribution in [0.4, 0.5) is 17.3 Å². The molecule has 1 aliphatic rings. The molecule has 35 heavy (non-hydrogen) atoms. The summed E-state index contributed by atoms with van der Waals surface area (Å²) < 4.78 is 0. The van der Waals surface area contributed by atoms with Crippen molar-refractivity contribution in [2.45, 2.75) is 66.1 Å². The van der Waals surface area contributed by atoms with Crippen molar-refractivity contribution in [3.63, 3.8) is 0 Å². The van der Waals surface area contributed by atoms with Gasteiger partial charge in [0.1, 0.15) is 5.82 Å². The lowest BCUT2D eigenvalue weighted by Crippen LogP contribution is -2.26. The molecule has 1 aliphatic heterocycles. The van der Waals surface area contributed by atoms with Crippen LogP contribution < -0.4 is 10.6 Å². The third-order valence-corrected chi connectivity index (χ3v) is 5.67. The van der Waals surface area contributed by atoms with E-state index in [1.165, 1.54) is 11.1 Å². The minimum atomic E-state index is -0.250. The van der Waals surface area contributed by atoms with Crippen LogP contribution in [-0.2, 0) is 35.5 Å². The number of carbonyl (C=O) groups is 2. The van der Waals surface area contributed by atoms with Crippen molar-refractivity contribution < 1.29 is 14.7 Å². The van der Waals surface area contributed by atoms with Gasteiger partial charge in [-0.2, -0.15) is 5.10 Å². The maximum absolute atomic E-state index is 11.6. The maximum Gasteiger partial charge on any atom is 0.290 e. The van der Waals surface area contributed by atoms with Crippen molar-refractivity contribution in [2.75, 3.05) is 10.6 Å². The molecule has 3 aromatic rings. The van der Waals surface area contributed by atoms with Crippen LogP contribution in [0.5, 0.6) is 0 Å². The summed E-state index contributed by atoms with van der Waals surface area (Å²) in [6.45, 7) is 11.3. The number of amides is 1. The van der Waals surface area contributed by atoms with E-state index in [0.29, 0.717) is 13.1 Å². The Morgan fingerprint density at radius 2 is 1.86 bits per heavy atom. The van der Waals surface area contributed by atoms with Gasteiger partial charge in [0.2, 0.25) is 5.91 Å². The summed E-state index contributed by atoms with van der Waals surface area (Å²) in [5.74, 6) is 1.57. The highest BCUT2D eigenvalue weighted by atomic mass is 16.3. The number of nitrogens with zero attached hydrogens (tertiary/aromatic N) is 3. The number of aromatic nitrogens is 3. The molecule has 0 spiro atoms. The first kappa shape index (κ1) is 25.7. The van der Waals surface area contributed by atoms with Gasteiger partial charge in [0, 0.05) is 49.2 Å². The second kappa shape index (κ2) is 11.0. The average molecular weight is 479 g/mol. The van der Waals surface area contributed by atoms with Crippen LogP contribution in [-0.4, -0.2) is 43.1 Å². The Morgan fingerprint density at radius 3 is 2.54 bits per heavy atom. The molecule has 0 fully saturated rings. The fraction of sp³-hybridized carbons (Fsp3) is 0.385. The molecular weight excluding hydrogens is 444 g/mol. The number of aryl methyl sites for hydroxylation is 3. The Balaban J connectivity index is 0.00000108. The SMILES string of the molecule is CC(=O)N1Cc2cnc(Nc3cc(CCc4cc(NC(C)(C)C)ccc4C)[nH]n3)cc2C1.O=CO. The third kappa shape index (κ3) is 7.30. The van der Waals surface area contributed by atoms with Gasteiger partial charge < -0.3 is 20.6 Å². The van der Waals surface area contributed by atoms with Gasteiger partial charge in [-0.1, -0.05) is 6.07 Å². The summed E-state index contributed by atoms with van der Waals surface area (Å²) in [5, 5.41) is 21.2. The molecule has 1 amide bonds. The molecule has 3 heterocycles. The monoisotopic (exact) mass is 478 g/mol. The smallest absolute Gasteiger partial charge is 0.290 e. The molecule has 9 heteroatoms. The van der Waals surface area contributed by atoms with Crippen LogP contribution in [0.15, 0.2) is 36.5 Å². The van der Waals surface area contributed by atoms with Crippen LogP contribution in [0.3, 0.4) is 0 Å². The quantitative estimate of drug-likeness (QED) is 0.387. The molecule has 0 saturated carbocycles. The van der Waals surface area contributed by atoms with E-state index < -0.39 is 0 Å². The van der Waals surface area contributed by atoms with E-state index >= 15 is 0 Å². The van der Waals surface area contributed by atoms with Crippen molar-refractivity contribution in [3.05, 3.63) is 64.5 Å². The van der Waals surface area contributed by atoms with Gasteiger partial charge in [-0.25, -0.2) is 4.98 Å². The van der Waals surface area contributed by atoms with E-state index in [0.717, 1.165) is 47.0 Å². The summed E-state index contributed by atoms with van der Waals surface area (Å²) in [6, 6.07) is 10.6. The largest absolute Gasteiger partial charge is 0.483 e. The van der Waals surface area contributed by atoms with Gasteiger partial charge in [0.15, 0.2) is 5.82 Å². The van der Waals surface area contributed by atoms with Crippen LogP contribution >= 0.6 is 0 Å². The van der Waals surface area contributed by atoms with E-state index in [1.807, 2.05) is 23.2 Å². The zero-order chi connectivity index (χ0) is 25.6. The topological polar surface area (TPSA) is 123 Å². The van der Waals surface area contributed by atoms with Crippen molar-refractivity contribution in [3.8, 4) is 0 Å². The number of aromatic amines is 1. The van der Waals surface area contributed by atoms with Gasteiger partial charge in [-0.3, -0.25) is 14.7 Å². The number of hydrogen-bond donors (Lipinski definition) is 4. The fourth-order valence-electron chi connectivity index (χ4n) is 3.98. The number of anilines is 3. The molecule has 0 aliphatic carbocycles. The van der Waals surface area contributed by atoms with Crippen LogP contribution in [0, 0.1) is 6.92 Å². The molecular formula is C26H34N6O3. The first-order valence-corrected chi connectivity index (χ1v) is 11.6. The second-order valence-electron chi connectivity index (χ2n) is 9.74. The highest BCUT2D eigenvalue weighted by Gasteiger charge is 2.21. The predicted molar refractivity (Wildman–Crippen MR) is 137 cm³/mol. The molecule has 0 radical (unpaired) electrons. The average Bonchev–Trinajstić information content (AvgIpc) is 3.40. The minimum Gasteiger partial charge on any atom is -0.483 e. The number of rotatable bonds is 6. The number of H-pyrrole nitrogens is 1. The Kier molecular flexibility index (Phi) is 8.11. The highest BCUT2D eigenvalue weighted by Crippen LogP contribution is 2.26. The Morgan fingerprint density at radius 1 is 1.14 bits per heavy atom. The zero-order valence-corrected chi connectivity index (χ0v) is 21.0. The standard InChI is InChI=1S/C25H32N6O.CH2O2/c1-16-6-8-21(28-25(3,4)5)10-18(16)7-9-22-12-24(30-29-22)27-23-11-19-14-31(17(2)32)15-20(19)13-26-23;2-1-3/h6,8,10-13,28H,7,9,14-15H2,1-5H3,(H2,26,27,29,30);1H,(H,2,3). The number of benzene rings is 1. The lowest BCUT2D eigenvalue weighted by atomic mass is 10.0. The zero-order valence-electron chi connectivity index (χ0n) is 21.0. The second-order valence-corrected chi connectivity index (χ2v) is 9.74. The fourth-order valence-corrected chi connectivity index (χ4v) is 3.98. The van der Waals surface area contributed by atoms with Gasteiger partial charge in [0.05, 0.1) is 0 Å². The molecule has 186 valence electrons.